The summed E-state index contributed by atoms with van der Waals surface area (Å²) in [6.07, 6.45) is 1.63. The second kappa shape index (κ2) is 5.93. The van der Waals surface area contributed by atoms with Gasteiger partial charge in [-0.2, -0.15) is 0 Å². The molecule has 4 nitrogen and oxygen atoms in total. The zero-order valence-corrected chi connectivity index (χ0v) is 12.2. The molecule has 0 spiro atoms. The number of hydrogen-bond donors (Lipinski definition) is 0. The maximum absolute atomic E-state index is 11.8. The molecule has 0 saturated heterocycles. The Morgan fingerprint density at radius 3 is 2.76 bits per heavy atom. The number of nitrogens with zero attached hydrogens (tertiary/aromatic N) is 1. The lowest BCUT2D eigenvalue weighted by Crippen LogP contribution is -2.03. The number of carbonyl (C=O) groups excluding carboxylic acids is 1. The van der Waals surface area contributed by atoms with Gasteiger partial charge in [0.05, 0.1) is 6.20 Å². The molecule has 21 heavy (non-hydrogen) atoms. The lowest BCUT2D eigenvalue weighted by molar-refractivity contribution is 0.0445. The molecule has 0 atom stereocenters. The van der Waals surface area contributed by atoms with Gasteiger partial charge < -0.3 is 9.15 Å². The smallest absolute Gasteiger partial charge is 0.348 e. The maximum Gasteiger partial charge on any atom is 0.348 e. The highest BCUT2D eigenvalue weighted by Crippen LogP contribution is 2.21. The standard InChI is InChI=1S/C16H13NO3S/c1-11-7-8-14(21-11)16(18)19-10-15-17-9-13(20-15)12-5-3-2-4-6-12/h2-9H,10H2,1H3. The SMILES string of the molecule is Cc1ccc(C(=O)OCc2ncc(-c3ccccc3)o2)s1. The van der Waals surface area contributed by atoms with E-state index < -0.39 is 0 Å². The van der Waals surface area contributed by atoms with Crippen molar-refractivity contribution in [3.63, 3.8) is 0 Å². The lowest BCUT2D eigenvalue weighted by Gasteiger charge is -1.99. The summed E-state index contributed by atoms with van der Waals surface area (Å²) in [5.41, 5.74) is 0.941. The molecule has 0 N–H and O–H groups in total. The van der Waals surface area contributed by atoms with E-state index in [0.29, 0.717) is 16.5 Å². The molecule has 2 heterocycles. The van der Waals surface area contributed by atoms with Gasteiger partial charge >= 0.3 is 5.97 Å². The van der Waals surface area contributed by atoms with Crippen molar-refractivity contribution in [3.05, 3.63) is 64.3 Å². The number of carbonyl (C=O) groups is 1. The van der Waals surface area contributed by atoms with Crippen LogP contribution >= 0.6 is 11.3 Å². The summed E-state index contributed by atoms with van der Waals surface area (Å²) in [5.74, 6) is 0.691. The van der Waals surface area contributed by atoms with Crippen molar-refractivity contribution in [2.24, 2.45) is 0 Å². The van der Waals surface area contributed by atoms with Gasteiger partial charge in [0.2, 0.25) is 5.89 Å². The third-order valence-corrected chi connectivity index (χ3v) is 3.86. The van der Waals surface area contributed by atoms with E-state index in [4.69, 9.17) is 9.15 Å². The Kier molecular flexibility index (Phi) is 3.83. The first kappa shape index (κ1) is 13.6. The minimum atomic E-state index is -0.354. The number of aryl methyl sites for hydroxylation is 1. The molecular formula is C16H13NO3S. The lowest BCUT2D eigenvalue weighted by atomic mass is 10.2. The second-order valence-corrected chi connectivity index (χ2v) is 5.76. The molecule has 0 aliphatic rings. The molecule has 0 aliphatic heterocycles. The molecule has 106 valence electrons. The highest BCUT2D eigenvalue weighted by molar-refractivity contribution is 7.13. The first-order valence-corrected chi connectivity index (χ1v) is 7.28. The van der Waals surface area contributed by atoms with Crippen LogP contribution in [0.3, 0.4) is 0 Å². The van der Waals surface area contributed by atoms with Crippen molar-refractivity contribution in [3.8, 4) is 11.3 Å². The van der Waals surface area contributed by atoms with Gasteiger partial charge in [0.1, 0.15) is 4.88 Å². The van der Waals surface area contributed by atoms with Crippen LogP contribution < -0.4 is 0 Å². The average Bonchev–Trinajstić information content (AvgIpc) is 3.15. The summed E-state index contributed by atoms with van der Waals surface area (Å²) in [4.78, 5) is 17.6. The van der Waals surface area contributed by atoms with Crippen LogP contribution in [0, 0.1) is 6.92 Å². The van der Waals surface area contributed by atoms with Crippen LogP contribution in [0.15, 0.2) is 53.1 Å². The molecule has 2 aromatic heterocycles. The monoisotopic (exact) mass is 299 g/mol. The number of benzene rings is 1. The molecule has 3 rings (SSSR count). The molecule has 0 bridgehead atoms. The fourth-order valence-corrected chi connectivity index (χ4v) is 2.62. The second-order valence-electron chi connectivity index (χ2n) is 4.47. The Labute approximate surface area is 126 Å². The van der Waals surface area contributed by atoms with Crippen molar-refractivity contribution >= 4 is 17.3 Å². The van der Waals surface area contributed by atoms with Gasteiger partial charge in [-0.25, -0.2) is 9.78 Å². The summed E-state index contributed by atoms with van der Waals surface area (Å²) in [5, 5.41) is 0. The fraction of sp³-hybridized carbons (Fsp3) is 0.125. The number of esters is 1. The van der Waals surface area contributed by atoms with Crippen molar-refractivity contribution in [2.75, 3.05) is 0 Å². The number of aromatic nitrogens is 1. The molecule has 0 amide bonds. The third kappa shape index (κ3) is 3.20. The van der Waals surface area contributed by atoms with E-state index in [2.05, 4.69) is 4.98 Å². The van der Waals surface area contributed by atoms with Crippen LogP contribution in [-0.2, 0) is 11.3 Å². The van der Waals surface area contributed by atoms with Gasteiger partial charge in [-0.3, -0.25) is 0 Å². The molecule has 0 radical (unpaired) electrons. The molecular weight excluding hydrogens is 286 g/mol. The van der Waals surface area contributed by atoms with Crippen LogP contribution in [0.5, 0.6) is 0 Å². The van der Waals surface area contributed by atoms with E-state index in [1.54, 1.807) is 12.3 Å². The Morgan fingerprint density at radius 1 is 1.24 bits per heavy atom. The van der Waals surface area contributed by atoms with E-state index in [-0.39, 0.29) is 12.6 Å². The largest absolute Gasteiger partial charge is 0.451 e. The van der Waals surface area contributed by atoms with E-state index >= 15 is 0 Å². The Balaban J connectivity index is 1.64. The molecule has 1 aromatic carbocycles. The maximum atomic E-state index is 11.8. The van der Waals surface area contributed by atoms with Gasteiger partial charge in [-0.15, -0.1) is 11.3 Å². The normalized spacial score (nSPS) is 10.5. The van der Waals surface area contributed by atoms with E-state index in [9.17, 15) is 4.79 Å². The first-order chi connectivity index (χ1) is 10.2. The molecule has 0 saturated carbocycles. The van der Waals surface area contributed by atoms with E-state index in [1.807, 2.05) is 43.3 Å². The number of oxazole rings is 1. The Hall–Kier alpha value is -2.40. The first-order valence-electron chi connectivity index (χ1n) is 6.46. The highest BCUT2D eigenvalue weighted by atomic mass is 32.1. The van der Waals surface area contributed by atoms with Crippen LogP contribution in [0.1, 0.15) is 20.4 Å². The Morgan fingerprint density at radius 2 is 2.05 bits per heavy atom. The van der Waals surface area contributed by atoms with Gasteiger partial charge in [0.15, 0.2) is 12.4 Å². The van der Waals surface area contributed by atoms with Crippen LogP contribution in [0.25, 0.3) is 11.3 Å². The van der Waals surface area contributed by atoms with Crippen LogP contribution in [-0.4, -0.2) is 11.0 Å². The van der Waals surface area contributed by atoms with E-state index in [1.165, 1.54) is 11.3 Å². The summed E-state index contributed by atoms with van der Waals surface area (Å²) in [7, 11) is 0. The summed E-state index contributed by atoms with van der Waals surface area (Å²) in [6, 6.07) is 13.3. The van der Waals surface area contributed by atoms with Gasteiger partial charge in [-0.05, 0) is 19.1 Å². The zero-order valence-electron chi connectivity index (χ0n) is 11.4. The van der Waals surface area contributed by atoms with Gasteiger partial charge in [-0.1, -0.05) is 30.3 Å². The number of rotatable bonds is 4. The van der Waals surface area contributed by atoms with Crippen LogP contribution in [0.2, 0.25) is 0 Å². The van der Waals surface area contributed by atoms with Crippen LogP contribution in [0.4, 0.5) is 0 Å². The summed E-state index contributed by atoms with van der Waals surface area (Å²) in [6.45, 7) is 1.98. The number of hydrogen-bond acceptors (Lipinski definition) is 5. The molecule has 0 unspecified atom stereocenters. The minimum absolute atomic E-state index is 0.0304. The Bertz CT molecular complexity index is 746. The molecule has 3 aromatic rings. The zero-order chi connectivity index (χ0) is 14.7. The topological polar surface area (TPSA) is 52.3 Å². The minimum Gasteiger partial charge on any atom is -0.451 e. The van der Waals surface area contributed by atoms with Gasteiger partial charge in [0, 0.05) is 10.4 Å². The summed E-state index contributed by atoms with van der Waals surface area (Å²) >= 11 is 1.41. The molecule has 0 aliphatic carbocycles. The number of thiophene rings is 1. The highest BCUT2D eigenvalue weighted by Gasteiger charge is 2.12. The quantitative estimate of drug-likeness (QED) is 0.681. The van der Waals surface area contributed by atoms with Gasteiger partial charge in [0.25, 0.3) is 0 Å². The van der Waals surface area contributed by atoms with Crippen molar-refractivity contribution in [1.82, 2.24) is 4.98 Å². The van der Waals surface area contributed by atoms with Crippen molar-refractivity contribution < 1.29 is 13.9 Å². The molecule has 0 fully saturated rings. The summed E-state index contributed by atoms with van der Waals surface area (Å²) < 4.78 is 10.8. The van der Waals surface area contributed by atoms with Crippen molar-refractivity contribution in [2.45, 2.75) is 13.5 Å². The fourth-order valence-electron chi connectivity index (χ4n) is 1.86. The molecule has 5 heteroatoms. The number of ether oxygens (including phenoxy) is 1. The van der Waals surface area contributed by atoms with Crippen molar-refractivity contribution in [1.29, 1.82) is 0 Å². The van der Waals surface area contributed by atoms with E-state index in [0.717, 1.165) is 10.4 Å². The average molecular weight is 299 g/mol. The predicted octanol–water partition coefficient (Wildman–Crippen LogP) is 4.07. The predicted molar refractivity (Wildman–Crippen MR) is 80.1 cm³/mol. The third-order valence-electron chi connectivity index (χ3n) is 2.88.